The molecule has 2 heteroatoms. The number of hydrogen-bond donors (Lipinski definition) is 0. The predicted octanol–water partition coefficient (Wildman–Crippen LogP) is 5.43. The lowest BCUT2D eigenvalue weighted by molar-refractivity contribution is 1.03. The van der Waals surface area contributed by atoms with Gasteiger partial charge in [0.25, 0.3) is 0 Å². The third-order valence-electron chi connectivity index (χ3n) is 3.69. The van der Waals surface area contributed by atoms with Gasteiger partial charge in [0.1, 0.15) is 0 Å². The van der Waals surface area contributed by atoms with Gasteiger partial charge in [0, 0.05) is 16.1 Å². The van der Waals surface area contributed by atoms with Crippen LogP contribution in [0, 0.1) is 6.92 Å². The Morgan fingerprint density at radius 2 is 1.80 bits per heavy atom. The zero-order valence-electron chi connectivity index (χ0n) is 11.7. The van der Waals surface area contributed by atoms with E-state index in [2.05, 4.69) is 38.1 Å². The van der Waals surface area contributed by atoms with E-state index in [9.17, 15) is 0 Å². The third kappa shape index (κ3) is 2.19. The molecule has 0 radical (unpaired) electrons. The Hall–Kier alpha value is -1.86. The van der Waals surface area contributed by atoms with Crippen LogP contribution in [0.5, 0.6) is 0 Å². The maximum absolute atomic E-state index is 6.18. The Balaban J connectivity index is 2.43. The molecule has 0 aliphatic carbocycles. The maximum atomic E-state index is 6.18. The molecule has 2 aromatic carbocycles. The van der Waals surface area contributed by atoms with Crippen molar-refractivity contribution in [2.24, 2.45) is 0 Å². The average molecular weight is 282 g/mol. The molecular formula is C18H16ClN. The number of hydrogen-bond acceptors (Lipinski definition) is 1. The first-order valence-electron chi connectivity index (χ1n) is 6.85. The average Bonchev–Trinajstić information content (AvgIpc) is 2.47. The monoisotopic (exact) mass is 281 g/mol. The summed E-state index contributed by atoms with van der Waals surface area (Å²) in [5.74, 6) is 0. The number of benzene rings is 2. The molecule has 0 unspecified atom stereocenters. The summed E-state index contributed by atoms with van der Waals surface area (Å²) in [4.78, 5) is 4.76. The van der Waals surface area contributed by atoms with Crippen molar-refractivity contribution in [2.45, 2.75) is 20.3 Å². The van der Waals surface area contributed by atoms with E-state index in [1.807, 2.05) is 24.3 Å². The van der Waals surface area contributed by atoms with Crippen molar-refractivity contribution in [3.63, 3.8) is 0 Å². The molecule has 0 spiro atoms. The molecule has 0 N–H and O–H groups in total. The summed E-state index contributed by atoms with van der Waals surface area (Å²) in [6, 6.07) is 16.4. The number of halogens is 1. The van der Waals surface area contributed by atoms with E-state index in [0.717, 1.165) is 28.0 Å². The molecule has 0 bridgehead atoms. The summed E-state index contributed by atoms with van der Waals surface area (Å²) in [5, 5.41) is 1.87. The summed E-state index contributed by atoms with van der Waals surface area (Å²) in [7, 11) is 0. The standard InChI is InChI=1S/C18H16ClN/c1-3-16-12(2)18(13-7-5-4-6-8-13)15-11-14(19)9-10-17(15)20-16/h4-11H,3H2,1-2H3. The quantitative estimate of drug-likeness (QED) is 0.611. The molecule has 100 valence electrons. The molecule has 3 rings (SSSR count). The number of pyridine rings is 1. The molecule has 1 aromatic heterocycles. The Morgan fingerprint density at radius 3 is 2.50 bits per heavy atom. The van der Waals surface area contributed by atoms with E-state index < -0.39 is 0 Å². The van der Waals surface area contributed by atoms with Crippen LogP contribution in [0.1, 0.15) is 18.2 Å². The first-order valence-corrected chi connectivity index (χ1v) is 7.22. The molecule has 20 heavy (non-hydrogen) atoms. The molecule has 1 nitrogen and oxygen atoms in total. The van der Waals surface area contributed by atoms with Crippen LogP contribution in [0.3, 0.4) is 0 Å². The van der Waals surface area contributed by atoms with Gasteiger partial charge in [-0.1, -0.05) is 48.9 Å². The van der Waals surface area contributed by atoms with Crippen LogP contribution in [0.15, 0.2) is 48.5 Å². The van der Waals surface area contributed by atoms with Crippen molar-refractivity contribution in [3.8, 4) is 11.1 Å². The van der Waals surface area contributed by atoms with Crippen molar-refractivity contribution in [2.75, 3.05) is 0 Å². The highest BCUT2D eigenvalue weighted by molar-refractivity contribution is 6.31. The molecule has 0 amide bonds. The molecule has 0 aliphatic rings. The number of aromatic nitrogens is 1. The molecule has 0 atom stereocenters. The smallest absolute Gasteiger partial charge is 0.0712 e. The van der Waals surface area contributed by atoms with E-state index in [0.29, 0.717) is 0 Å². The van der Waals surface area contributed by atoms with Crippen molar-refractivity contribution in [3.05, 3.63) is 64.8 Å². The number of rotatable bonds is 2. The highest BCUT2D eigenvalue weighted by Crippen LogP contribution is 2.34. The van der Waals surface area contributed by atoms with Gasteiger partial charge in [-0.3, -0.25) is 4.98 Å². The van der Waals surface area contributed by atoms with Crippen LogP contribution < -0.4 is 0 Å². The van der Waals surface area contributed by atoms with Crippen molar-refractivity contribution in [1.29, 1.82) is 0 Å². The fourth-order valence-corrected chi connectivity index (χ4v) is 2.87. The van der Waals surface area contributed by atoms with Gasteiger partial charge in [-0.2, -0.15) is 0 Å². The first-order chi connectivity index (χ1) is 9.70. The Kier molecular flexibility index (Phi) is 3.45. The topological polar surface area (TPSA) is 12.9 Å². The summed E-state index contributed by atoms with van der Waals surface area (Å²) in [6.45, 7) is 4.29. The molecule has 0 saturated carbocycles. The van der Waals surface area contributed by atoms with Crippen molar-refractivity contribution < 1.29 is 0 Å². The van der Waals surface area contributed by atoms with Gasteiger partial charge in [-0.25, -0.2) is 0 Å². The van der Waals surface area contributed by atoms with Gasteiger partial charge < -0.3 is 0 Å². The maximum Gasteiger partial charge on any atom is 0.0712 e. The van der Waals surface area contributed by atoms with E-state index in [1.54, 1.807) is 0 Å². The van der Waals surface area contributed by atoms with Crippen molar-refractivity contribution in [1.82, 2.24) is 4.98 Å². The van der Waals surface area contributed by atoms with Crippen molar-refractivity contribution >= 4 is 22.5 Å². The Bertz CT molecular complexity index is 763. The lowest BCUT2D eigenvalue weighted by Gasteiger charge is -2.14. The van der Waals surface area contributed by atoms with E-state index in [4.69, 9.17) is 16.6 Å². The van der Waals surface area contributed by atoms with Crippen LogP contribution in [-0.2, 0) is 6.42 Å². The number of aryl methyl sites for hydroxylation is 1. The normalized spacial score (nSPS) is 10.9. The van der Waals surface area contributed by atoms with Crippen LogP contribution in [0.25, 0.3) is 22.0 Å². The molecule has 0 saturated heterocycles. The van der Waals surface area contributed by atoms with Gasteiger partial charge in [0.15, 0.2) is 0 Å². The fraction of sp³-hybridized carbons (Fsp3) is 0.167. The second-order valence-corrected chi connectivity index (χ2v) is 5.38. The minimum Gasteiger partial charge on any atom is -0.253 e. The zero-order valence-corrected chi connectivity index (χ0v) is 12.4. The summed E-state index contributed by atoms with van der Waals surface area (Å²) >= 11 is 6.18. The highest BCUT2D eigenvalue weighted by atomic mass is 35.5. The predicted molar refractivity (Wildman–Crippen MR) is 86.3 cm³/mol. The van der Waals surface area contributed by atoms with E-state index in [-0.39, 0.29) is 0 Å². The van der Waals surface area contributed by atoms with Gasteiger partial charge in [0.05, 0.1) is 5.52 Å². The summed E-state index contributed by atoms with van der Waals surface area (Å²) < 4.78 is 0. The molecule has 3 aromatic rings. The summed E-state index contributed by atoms with van der Waals surface area (Å²) in [5.41, 5.74) is 5.87. The molecule has 0 fully saturated rings. The number of fused-ring (bicyclic) bond motifs is 1. The summed E-state index contributed by atoms with van der Waals surface area (Å²) in [6.07, 6.45) is 0.935. The van der Waals surface area contributed by atoms with Crippen LogP contribution in [0.2, 0.25) is 5.02 Å². The lowest BCUT2D eigenvalue weighted by atomic mass is 9.94. The molecule has 1 heterocycles. The SMILES string of the molecule is CCc1nc2ccc(Cl)cc2c(-c2ccccc2)c1C. The largest absolute Gasteiger partial charge is 0.253 e. The van der Waals surface area contributed by atoms with Crippen LogP contribution in [-0.4, -0.2) is 4.98 Å². The Morgan fingerprint density at radius 1 is 1.05 bits per heavy atom. The van der Waals surface area contributed by atoms with Gasteiger partial charge >= 0.3 is 0 Å². The molecule has 0 aliphatic heterocycles. The Labute approximate surface area is 124 Å². The molecular weight excluding hydrogens is 266 g/mol. The second-order valence-electron chi connectivity index (χ2n) is 4.94. The van der Waals surface area contributed by atoms with Crippen LogP contribution >= 0.6 is 11.6 Å². The van der Waals surface area contributed by atoms with E-state index >= 15 is 0 Å². The highest BCUT2D eigenvalue weighted by Gasteiger charge is 2.12. The third-order valence-corrected chi connectivity index (χ3v) is 3.92. The van der Waals surface area contributed by atoms with Crippen LogP contribution in [0.4, 0.5) is 0 Å². The first kappa shape index (κ1) is 13.1. The van der Waals surface area contributed by atoms with Gasteiger partial charge in [0.2, 0.25) is 0 Å². The van der Waals surface area contributed by atoms with Gasteiger partial charge in [-0.05, 0) is 48.2 Å². The zero-order chi connectivity index (χ0) is 14.1. The second kappa shape index (κ2) is 5.26. The van der Waals surface area contributed by atoms with Gasteiger partial charge in [-0.15, -0.1) is 0 Å². The number of nitrogens with zero attached hydrogens (tertiary/aromatic N) is 1. The minimum absolute atomic E-state index is 0.750. The lowest BCUT2D eigenvalue weighted by Crippen LogP contribution is -1.97. The van der Waals surface area contributed by atoms with E-state index in [1.165, 1.54) is 16.7 Å². The fourth-order valence-electron chi connectivity index (χ4n) is 2.70. The minimum atomic E-state index is 0.750.